The van der Waals surface area contributed by atoms with Crippen LogP contribution in [0.3, 0.4) is 0 Å². The molecule has 0 spiro atoms. The molecule has 3 rings (SSSR count). The monoisotopic (exact) mass is 293 g/mol. The smallest absolute Gasteiger partial charge is 0.338 e. The third-order valence-corrected chi connectivity index (χ3v) is 4.14. The average Bonchev–Trinajstić information content (AvgIpc) is 3.11. The summed E-state index contributed by atoms with van der Waals surface area (Å²) in [5, 5.41) is 3.85. The number of hydrogen-bond donors (Lipinski definition) is 0. The van der Waals surface area contributed by atoms with E-state index in [1.165, 1.54) is 35.5 Å². The predicted molar refractivity (Wildman–Crippen MR) is 72.5 cm³/mol. The minimum atomic E-state index is -0.536. The molecule has 0 N–H and O–H groups in total. The van der Waals surface area contributed by atoms with Crippen molar-refractivity contribution in [2.75, 3.05) is 11.5 Å². The van der Waals surface area contributed by atoms with Crippen molar-refractivity contribution < 1.29 is 13.9 Å². The van der Waals surface area contributed by atoms with Crippen LogP contribution in [0, 0.1) is 5.82 Å². The van der Waals surface area contributed by atoms with Crippen molar-refractivity contribution in [3.63, 3.8) is 0 Å². The van der Waals surface area contributed by atoms with Crippen molar-refractivity contribution in [2.45, 2.75) is 12.5 Å². The number of carbonyl (C=O) groups excluding carboxylic acids is 1. The fourth-order valence-corrected chi connectivity index (χ4v) is 3.07. The molecular formula is C13H12FN3O2S. The van der Waals surface area contributed by atoms with Gasteiger partial charge in [0, 0.05) is 5.75 Å². The van der Waals surface area contributed by atoms with Crippen molar-refractivity contribution in [1.82, 2.24) is 14.8 Å². The zero-order chi connectivity index (χ0) is 13.9. The van der Waals surface area contributed by atoms with Crippen molar-refractivity contribution >= 4 is 17.7 Å². The molecule has 2 heterocycles. The summed E-state index contributed by atoms with van der Waals surface area (Å²) in [6, 6.07) is 4.19. The van der Waals surface area contributed by atoms with Crippen LogP contribution >= 0.6 is 11.8 Å². The van der Waals surface area contributed by atoms with Gasteiger partial charge in [-0.2, -0.15) is 16.9 Å². The SMILES string of the molecule is O=C(OC1CCSC1)c1ccc(-n2cncn2)c(F)c1. The van der Waals surface area contributed by atoms with E-state index in [2.05, 4.69) is 10.1 Å². The van der Waals surface area contributed by atoms with Crippen molar-refractivity contribution in [3.8, 4) is 5.69 Å². The maximum atomic E-state index is 14.0. The van der Waals surface area contributed by atoms with Crippen molar-refractivity contribution in [3.05, 3.63) is 42.2 Å². The molecule has 7 heteroatoms. The molecule has 2 aromatic rings. The minimum Gasteiger partial charge on any atom is -0.458 e. The molecule has 1 unspecified atom stereocenters. The Morgan fingerprint density at radius 1 is 1.50 bits per heavy atom. The van der Waals surface area contributed by atoms with Gasteiger partial charge in [-0.25, -0.2) is 18.9 Å². The zero-order valence-electron chi connectivity index (χ0n) is 10.5. The fraction of sp³-hybridized carbons (Fsp3) is 0.308. The van der Waals surface area contributed by atoms with Gasteiger partial charge < -0.3 is 4.74 Å². The van der Waals surface area contributed by atoms with E-state index in [0.717, 1.165) is 17.9 Å². The third kappa shape index (κ3) is 2.67. The lowest BCUT2D eigenvalue weighted by Crippen LogP contribution is -2.17. The van der Waals surface area contributed by atoms with Crippen LogP contribution < -0.4 is 0 Å². The first-order chi connectivity index (χ1) is 9.74. The molecule has 0 amide bonds. The van der Waals surface area contributed by atoms with Crippen LogP contribution in [0.1, 0.15) is 16.8 Å². The van der Waals surface area contributed by atoms with Crippen LogP contribution in [0.15, 0.2) is 30.9 Å². The number of carbonyl (C=O) groups is 1. The maximum absolute atomic E-state index is 14.0. The van der Waals surface area contributed by atoms with Gasteiger partial charge in [-0.15, -0.1) is 0 Å². The number of esters is 1. The van der Waals surface area contributed by atoms with Gasteiger partial charge in [0.1, 0.15) is 30.3 Å². The second kappa shape index (κ2) is 5.62. The van der Waals surface area contributed by atoms with Gasteiger partial charge >= 0.3 is 5.97 Å². The topological polar surface area (TPSA) is 57.0 Å². The number of rotatable bonds is 3. The molecule has 0 bridgehead atoms. The second-order valence-corrected chi connectivity index (χ2v) is 5.55. The van der Waals surface area contributed by atoms with Crippen molar-refractivity contribution in [2.24, 2.45) is 0 Å². The van der Waals surface area contributed by atoms with Gasteiger partial charge in [0.25, 0.3) is 0 Å². The standard InChI is InChI=1S/C13H12FN3O2S/c14-11-5-9(13(18)19-10-3-4-20-6-10)1-2-12(11)17-8-15-7-16-17/h1-2,5,7-8,10H,3-4,6H2. The molecule has 1 aromatic heterocycles. The summed E-state index contributed by atoms with van der Waals surface area (Å²) in [6.45, 7) is 0. The highest BCUT2D eigenvalue weighted by molar-refractivity contribution is 7.99. The number of aromatic nitrogens is 3. The van der Waals surface area contributed by atoms with E-state index in [1.807, 2.05) is 0 Å². The summed E-state index contributed by atoms with van der Waals surface area (Å²) < 4.78 is 20.6. The minimum absolute atomic E-state index is 0.0643. The first kappa shape index (κ1) is 13.1. The Balaban J connectivity index is 1.77. The predicted octanol–water partition coefficient (Wildman–Crippen LogP) is 2.07. The summed E-state index contributed by atoms with van der Waals surface area (Å²) in [5.74, 6) is 0.787. The summed E-state index contributed by atoms with van der Waals surface area (Å²) in [6.07, 6.45) is 3.51. The lowest BCUT2D eigenvalue weighted by atomic mass is 10.2. The first-order valence-corrected chi connectivity index (χ1v) is 7.33. The number of ether oxygens (including phenoxy) is 1. The summed E-state index contributed by atoms with van der Waals surface area (Å²) in [7, 11) is 0. The van der Waals surface area contributed by atoms with Crippen LogP contribution in [0.2, 0.25) is 0 Å². The Kier molecular flexibility index (Phi) is 3.68. The normalized spacial score (nSPS) is 18.1. The number of nitrogens with zero attached hydrogens (tertiary/aromatic N) is 3. The van der Waals surface area contributed by atoms with Gasteiger partial charge in [-0.05, 0) is 30.4 Å². The van der Waals surface area contributed by atoms with Crippen molar-refractivity contribution in [1.29, 1.82) is 0 Å². The van der Waals surface area contributed by atoms with Crippen LogP contribution in [-0.4, -0.2) is 38.3 Å². The van der Waals surface area contributed by atoms with Crippen LogP contribution in [0.4, 0.5) is 4.39 Å². The maximum Gasteiger partial charge on any atom is 0.338 e. The Bertz CT molecular complexity index is 612. The molecule has 0 saturated carbocycles. The third-order valence-electron chi connectivity index (χ3n) is 3.01. The molecule has 5 nitrogen and oxygen atoms in total. The highest BCUT2D eigenvalue weighted by atomic mass is 32.2. The molecule has 1 aliphatic rings. The quantitative estimate of drug-likeness (QED) is 0.811. The lowest BCUT2D eigenvalue weighted by molar-refractivity contribution is 0.0356. The number of halogens is 1. The lowest BCUT2D eigenvalue weighted by Gasteiger charge is -2.11. The summed E-state index contributed by atoms with van der Waals surface area (Å²) in [5.41, 5.74) is 0.457. The molecular weight excluding hydrogens is 281 g/mol. The van der Waals surface area contributed by atoms with E-state index in [0.29, 0.717) is 0 Å². The Labute approximate surface area is 119 Å². The Morgan fingerprint density at radius 3 is 3.05 bits per heavy atom. The molecule has 1 aromatic carbocycles. The molecule has 0 radical (unpaired) electrons. The van der Waals surface area contributed by atoms with E-state index in [4.69, 9.17) is 4.74 Å². The molecule has 0 aliphatic carbocycles. The van der Waals surface area contributed by atoms with Gasteiger partial charge in [-0.1, -0.05) is 0 Å². The molecule has 20 heavy (non-hydrogen) atoms. The largest absolute Gasteiger partial charge is 0.458 e. The van der Waals surface area contributed by atoms with Gasteiger partial charge in [0.05, 0.1) is 5.56 Å². The molecule has 104 valence electrons. The summed E-state index contributed by atoms with van der Waals surface area (Å²) in [4.78, 5) is 15.7. The van der Waals surface area contributed by atoms with Gasteiger partial charge in [0.15, 0.2) is 0 Å². The van der Waals surface area contributed by atoms with E-state index < -0.39 is 11.8 Å². The number of hydrogen-bond acceptors (Lipinski definition) is 5. The van der Waals surface area contributed by atoms with Crippen LogP contribution in [0.25, 0.3) is 5.69 Å². The van der Waals surface area contributed by atoms with Gasteiger partial charge in [0.2, 0.25) is 0 Å². The second-order valence-electron chi connectivity index (χ2n) is 4.40. The average molecular weight is 293 g/mol. The fourth-order valence-electron chi connectivity index (χ4n) is 1.98. The molecule has 1 aliphatic heterocycles. The first-order valence-electron chi connectivity index (χ1n) is 6.17. The highest BCUT2D eigenvalue weighted by Gasteiger charge is 2.21. The summed E-state index contributed by atoms with van der Waals surface area (Å²) >= 11 is 1.75. The van der Waals surface area contributed by atoms with E-state index >= 15 is 0 Å². The van der Waals surface area contributed by atoms with E-state index in [1.54, 1.807) is 11.8 Å². The van der Waals surface area contributed by atoms with Crippen LogP contribution in [0.5, 0.6) is 0 Å². The number of thioether (sulfide) groups is 1. The molecule has 1 atom stereocenters. The van der Waals surface area contributed by atoms with E-state index in [9.17, 15) is 9.18 Å². The molecule has 1 fully saturated rings. The van der Waals surface area contributed by atoms with E-state index in [-0.39, 0.29) is 17.4 Å². The number of benzene rings is 1. The highest BCUT2D eigenvalue weighted by Crippen LogP contribution is 2.22. The molecule has 1 saturated heterocycles. The Morgan fingerprint density at radius 2 is 2.40 bits per heavy atom. The van der Waals surface area contributed by atoms with Crippen LogP contribution in [-0.2, 0) is 4.74 Å². The van der Waals surface area contributed by atoms with Gasteiger partial charge in [-0.3, -0.25) is 0 Å². The zero-order valence-corrected chi connectivity index (χ0v) is 11.3. The Hall–Kier alpha value is -1.89.